The number of halogens is 1. The van der Waals surface area contributed by atoms with Crippen LogP contribution in [0.25, 0.3) is 0 Å². The van der Waals surface area contributed by atoms with Gasteiger partial charge in [0.1, 0.15) is 0 Å². The Morgan fingerprint density at radius 2 is 1.67 bits per heavy atom. The van der Waals surface area contributed by atoms with E-state index in [0.29, 0.717) is 0 Å². The zero-order valence-corrected chi connectivity index (χ0v) is 9.48. The van der Waals surface area contributed by atoms with E-state index in [1.54, 1.807) is 11.8 Å². The van der Waals surface area contributed by atoms with Gasteiger partial charge < -0.3 is 0 Å². The summed E-state index contributed by atoms with van der Waals surface area (Å²) in [5, 5.41) is 0.796. The van der Waals surface area contributed by atoms with Gasteiger partial charge in [0.15, 0.2) is 0 Å². The summed E-state index contributed by atoms with van der Waals surface area (Å²) in [4.78, 5) is 2.59. The van der Waals surface area contributed by atoms with Crippen LogP contribution >= 0.6 is 23.4 Å². The number of hydrogen-bond acceptors (Lipinski definition) is 1. The van der Waals surface area contributed by atoms with Gasteiger partial charge in [-0.3, -0.25) is 0 Å². The molecule has 73 valence electrons. The van der Waals surface area contributed by atoms with Crippen molar-refractivity contribution in [1.82, 2.24) is 0 Å². The highest BCUT2D eigenvalue weighted by atomic mass is 35.5. The van der Waals surface area contributed by atoms with Crippen molar-refractivity contribution in [3.63, 3.8) is 0 Å². The summed E-state index contributed by atoms with van der Waals surface area (Å²) in [7, 11) is 0. The smallest absolute Gasteiger partial charge is 0.0409 e. The molecule has 0 saturated carbocycles. The third-order valence-corrected chi connectivity index (χ3v) is 3.84. The average molecular weight is 232 g/mol. The second kappa shape index (κ2) is 3.58. The Bertz CT molecular complexity index is 520. The summed E-state index contributed by atoms with van der Waals surface area (Å²) in [6.45, 7) is 0. The molecular formula is C13H8ClS. The predicted octanol–water partition coefficient (Wildman–Crippen LogP) is 4.41. The summed E-state index contributed by atoms with van der Waals surface area (Å²) in [5.74, 6) is 0. The predicted molar refractivity (Wildman–Crippen MR) is 64.5 cm³/mol. The van der Waals surface area contributed by atoms with Crippen LogP contribution in [0.2, 0.25) is 5.02 Å². The Labute approximate surface area is 98.3 Å². The maximum absolute atomic E-state index is 5.97. The van der Waals surface area contributed by atoms with Crippen LogP contribution in [0.1, 0.15) is 11.1 Å². The van der Waals surface area contributed by atoms with Crippen LogP contribution in [0.3, 0.4) is 0 Å². The Morgan fingerprint density at radius 3 is 2.60 bits per heavy atom. The lowest BCUT2D eigenvalue weighted by Gasteiger charge is -2.18. The minimum absolute atomic E-state index is 0.796. The van der Waals surface area contributed by atoms with Crippen molar-refractivity contribution >= 4 is 23.4 Å². The molecule has 1 aliphatic rings. The number of hydrogen-bond donors (Lipinski definition) is 0. The molecule has 2 heteroatoms. The molecule has 0 unspecified atom stereocenters. The van der Waals surface area contributed by atoms with E-state index < -0.39 is 0 Å². The molecule has 0 bridgehead atoms. The fraction of sp³-hybridized carbons (Fsp3) is 0. The largest absolute Gasteiger partial charge is 0.0895 e. The normalized spacial score (nSPS) is 13.1. The van der Waals surface area contributed by atoms with E-state index in [2.05, 4.69) is 36.8 Å². The molecule has 0 aliphatic carbocycles. The highest BCUT2D eigenvalue weighted by Crippen LogP contribution is 2.40. The Hall–Kier alpha value is -0.920. The maximum atomic E-state index is 5.97. The highest BCUT2D eigenvalue weighted by Gasteiger charge is 2.15. The molecule has 0 atom stereocenters. The monoisotopic (exact) mass is 231 g/mol. The lowest BCUT2D eigenvalue weighted by atomic mass is 10.0. The molecule has 1 radical (unpaired) electrons. The Balaban J connectivity index is 2.11. The summed E-state index contributed by atoms with van der Waals surface area (Å²) in [5.41, 5.74) is 2.49. The van der Waals surface area contributed by atoms with E-state index in [0.717, 1.165) is 5.02 Å². The van der Waals surface area contributed by atoms with Gasteiger partial charge in [-0.25, -0.2) is 0 Å². The third kappa shape index (κ3) is 1.66. The fourth-order valence-electron chi connectivity index (χ4n) is 1.70. The van der Waals surface area contributed by atoms with E-state index in [-0.39, 0.29) is 0 Å². The van der Waals surface area contributed by atoms with Gasteiger partial charge in [0.05, 0.1) is 0 Å². The lowest BCUT2D eigenvalue weighted by Crippen LogP contribution is -1.96. The van der Waals surface area contributed by atoms with Gasteiger partial charge in [-0.05, 0) is 35.4 Å². The molecule has 0 N–H and O–H groups in total. The second-order valence-corrected chi connectivity index (χ2v) is 4.99. The van der Waals surface area contributed by atoms with Crippen molar-refractivity contribution in [3.05, 3.63) is 65.0 Å². The van der Waals surface area contributed by atoms with E-state index >= 15 is 0 Å². The molecule has 0 saturated heterocycles. The molecule has 1 heterocycles. The summed E-state index contributed by atoms with van der Waals surface area (Å²) < 4.78 is 0. The molecule has 15 heavy (non-hydrogen) atoms. The van der Waals surface area contributed by atoms with Crippen molar-refractivity contribution in [2.24, 2.45) is 0 Å². The minimum atomic E-state index is 0.796. The first kappa shape index (κ1) is 9.32. The molecule has 0 fully saturated rings. The zero-order chi connectivity index (χ0) is 10.3. The first-order valence-corrected chi connectivity index (χ1v) is 5.93. The first-order chi connectivity index (χ1) is 7.33. The molecule has 0 aromatic heterocycles. The van der Waals surface area contributed by atoms with Gasteiger partial charge in [-0.2, -0.15) is 0 Å². The fourth-order valence-corrected chi connectivity index (χ4v) is 2.88. The van der Waals surface area contributed by atoms with E-state index in [1.165, 1.54) is 20.9 Å². The average Bonchev–Trinajstić information content (AvgIpc) is 2.26. The van der Waals surface area contributed by atoms with Gasteiger partial charge in [-0.1, -0.05) is 41.6 Å². The number of benzene rings is 2. The number of rotatable bonds is 0. The molecule has 3 rings (SSSR count). The van der Waals surface area contributed by atoms with Gasteiger partial charge in [-0.15, -0.1) is 0 Å². The SMILES string of the molecule is Clc1ccc2c(c1)[CH]c1ccccc1S2. The van der Waals surface area contributed by atoms with Crippen molar-refractivity contribution < 1.29 is 0 Å². The molecule has 0 nitrogen and oxygen atoms in total. The van der Waals surface area contributed by atoms with Crippen molar-refractivity contribution in [3.8, 4) is 0 Å². The van der Waals surface area contributed by atoms with Crippen LogP contribution in [0.15, 0.2) is 52.3 Å². The van der Waals surface area contributed by atoms with Crippen LogP contribution in [0.4, 0.5) is 0 Å². The summed E-state index contributed by atoms with van der Waals surface area (Å²) in [6, 6.07) is 14.4. The van der Waals surface area contributed by atoms with Crippen molar-refractivity contribution in [2.45, 2.75) is 9.79 Å². The van der Waals surface area contributed by atoms with Crippen molar-refractivity contribution in [1.29, 1.82) is 0 Å². The summed E-state index contributed by atoms with van der Waals surface area (Å²) in [6.07, 6.45) is 2.19. The second-order valence-electron chi connectivity index (χ2n) is 3.47. The molecule has 0 spiro atoms. The minimum Gasteiger partial charge on any atom is -0.0895 e. The van der Waals surface area contributed by atoms with E-state index in [9.17, 15) is 0 Å². The number of fused-ring (bicyclic) bond motifs is 2. The summed E-state index contributed by atoms with van der Waals surface area (Å²) >= 11 is 7.78. The van der Waals surface area contributed by atoms with Crippen LogP contribution in [-0.4, -0.2) is 0 Å². The van der Waals surface area contributed by atoms with E-state index in [1.807, 2.05) is 12.1 Å². The molecule has 1 aliphatic heterocycles. The molecule has 0 amide bonds. The van der Waals surface area contributed by atoms with Crippen LogP contribution in [-0.2, 0) is 0 Å². The van der Waals surface area contributed by atoms with Crippen molar-refractivity contribution in [2.75, 3.05) is 0 Å². The van der Waals surface area contributed by atoms with E-state index in [4.69, 9.17) is 11.6 Å². The standard InChI is InChI=1S/C13H8ClS/c14-11-5-6-13-10(8-11)7-9-3-1-2-4-12(9)15-13/h1-8H. The third-order valence-electron chi connectivity index (χ3n) is 2.42. The highest BCUT2D eigenvalue weighted by molar-refractivity contribution is 7.99. The zero-order valence-electron chi connectivity index (χ0n) is 7.91. The van der Waals surface area contributed by atoms with Gasteiger partial charge in [0, 0.05) is 21.2 Å². The lowest BCUT2D eigenvalue weighted by molar-refractivity contribution is 1.21. The van der Waals surface area contributed by atoms with Crippen LogP contribution < -0.4 is 0 Å². The topological polar surface area (TPSA) is 0 Å². The molecule has 2 aromatic rings. The Morgan fingerprint density at radius 1 is 0.867 bits per heavy atom. The first-order valence-electron chi connectivity index (χ1n) is 4.74. The quantitative estimate of drug-likeness (QED) is 0.553. The van der Waals surface area contributed by atoms with Gasteiger partial charge in [0.2, 0.25) is 0 Å². The van der Waals surface area contributed by atoms with Gasteiger partial charge >= 0.3 is 0 Å². The molecule has 2 aromatic carbocycles. The van der Waals surface area contributed by atoms with Gasteiger partial charge in [0.25, 0.3) is 0 Å². The maximum Gasteiger partial charge on any atom is 0.0409 e. The van der Waals surface area contributed by atoms with Crippen LogP contribution in [0, 0.1) is 6.42 Å². The van der Waals surface area contributed by atoms with Crippen LogP contribution in [0.5, 0.6) is 0 Å². The Kier molecular flexibility index (Phi) is 2.23. The molecular weight excluding hydrogens is 224 g/mol.